The van der Waals surface area contributed by atoms with E-state index in [0.29, 0.717) is 5.13 Å². The molecule has 0 saturated heterocycles. The zero-order valence-corrected chi connectivity index (χ0v) is 18.9. The molecule has 13 heteroatoms. The highest BCUT2D eigenvalue weighted by molar-refractivity contribution is 7.92. The summed E-state index contributed by atoms with van der Waals surface area (Å²) in [5.41, 5.74) is -0.160. The van der Waals surface area contributed by atoms with Gasteiger partial charge in [-0.15, -0.1) is 10.2 Å². The molecule has 0 fully saturated rings. The fraction of sp³-hybridized carbons (Fsp3) is 0.211. The molecule has 0 aliphatic heterocycles. The topological polar surface area (TPSA) is 153 Å². The van der Waals surface area contributed by atoms with Crippen LogP contribution < -0.4 is 14.8 Å². The molecule has 2 N–H and O–H groups in total. The van der Waals surface area contributed by atoms with Crippen LogP contribution in [-0.4, -0.2) is 36.6 Å². The van der Waals surface area contributed by atoms with Crippen LogP contribution in [0.25, 0.3) is 0 Å². The molecule has 11 nitrogen and oxygen atoms in total. The minimum absolute atomic E-state index is 0.0826. The average molecular weight is 478 g/mol. The van der Waals surface area contributed by atoms with Gasteiger partial charge in [0.15, 0.2) is 0 Å². The van der Waals surface area contributed by atoms with Gasteiger partial charge in [-0.3, -0.25) is 24.9 Å². The smallest absolute Gasteiger partial charge is 0.271 e. The number of hydrogen-bond donors (Lipinski definition) is 2. The third kappa shape index (κ3) is 5.18. The molecule has 0 aliphatic carbocycles. The Labute approximate surface area is 187 Å². The average Bonchev–Trinajstić information content (AvgIpc) is 3.22. The van der Waals surface area contributed by atoms with Crippen LogP contribution in [0.4, 0.5) is 16.5 Å². The molecule has 1 aromatic heterocycles. The molecule has 0 aliphatic rings. The van der Waals surface area contributed by atoms with Crippen molar-refractivity contribution in [3.63, 3.8) is 0 Å². The fourth-order valence-corrected chi connectivity index (χ4v) is 4.37. The van der Waals surface area contributed by atoms with Crippen LogP contribution in [0.2, 0.25) is 0 Å². The summed E-state index contributed by atoms with van der Waals surface area (Å²) in [4.78, 5) is 22.6. The Bertz CT molecular complexity index is 1260. The zero-order chi connectivity index (χ0) is 23.5. The minimum atomic E-state index is -4.10. The van der Waals surface area contributed by atoms with E-state index >= 15 is 0 Å². The highest BCUT2D eigenvalue weighted by atomic mass is 32.2. The summed E-state index contributed by atoms with van der Waals surface area (Å²) < 4.78 is 32.8. The van der Waals surface area contributed by atoms with Gasteiger partial charge in [0.05, 0.1) is 22.6 Å². The number of aromatic nitrogens is 2. The fourth-order valence-electron chi connectivity index (χ4n) is 2.57. The number of methoxy groups -OCH3 is 1. The number of nitrogens with zero attached hydrogens (tertiary/aromatic N) is 3. The van der Waals surface area contributed by atoms with E-state index in [1.165, 1.54) is 54.8 Å². The molecule has 0 atom stereocenters. The van der Waals surface area contributed by atoms with Gasteiger partial charge in [0.2, 0.25) is 5.13 Å². The van der Waals surface area contributed by atoms with Crippen molar-refractivity contribution in [3.05, 3.63) is 63.1 Å². The normalized spacial score (nSPS) is 11.2. The van der Waals surface area contributed by atoms with Gasteiger partial charge >= 0.3 is 0 Å². The first-order valence-electron chi connectivity index (χ1n) is 9.21. The summed E-state index contributed by atoms with van der Waals surface area (Å²) in [6.45, 7) is 3.92. The number of nitro benzene ring substituents is 1. The van der Waals surface area contributed by atoms with Gasteiger partial charge < -0.3 is 4.74 Å². The molecule has 32 heavy (non-hydrogen) atoms. The summed E-state index contributed by atoms with van der Waals surface area (Å²) in [5, 5.41) is 22.7. The van der Waals surface area contributed by atoms with E-state index in [0.717, 1.165) is 11.1 Å². The molecule has 0 saturated carbocycles. The Morgan fingerprint density at radius 3 is 2.41 bits per heavy atom. The van der Waals surface area contributed by atoms with Crippen molar-refractivity contribution >= 4 is 43.8 Å². The molecular formula is C19H19N5O6S2. The van der Waals surface area contributed by atoms with Crippen molar-refractivity contribution in [2.45, 2.75) is 24.7 Å². The first-order valence-corrected chi connectivity index (χ1v) is 11.5. The van der Waals surface area contributed by atoms with Gasteiger partial charge in [-0.1, -0.05) is 25.2 Å². The van der Waals surface area contributed by atoms with Crippen molar-refractivity contribution in [2.24, 2.45) is 0 Å². The lowest BCUT2D eigenvalue weighted by Gasteiger charge is -2.12. The van der Waals surface area contributed by atoms with Crippen LogP contribution in [0.1, 0.15) is 35.1 Å². The lowest BCUT2D eigenvalue weighted by atomic mass is 10.2. The predicted molar refractivity (Wildman–Crippen MR) is 119 cm³/mol. The molecular weight excluding hydrogens is 458 g/mol. The highest BCUT2D eigenvalue weighted by Gasteiger charge is 2.20. The number of rotatable bonds is 8. The zero-order valence-electron chi connectivity index (χ0n) is 17.2. The van der Waals surface area contributed by atoms with Crippen molar-refractivity contribution < 1.29 is 22.9 Å². The van der Waals surface area contributed by atoms with E-state index in [1.54, 1.807) is 0 Å². The third-order valence-electron chi connectivity index (χ3n) is 4.22. The van der Waals surface area contributed by atoms with E-state index in [-0.39, 0.29) is 33.5 Å². The molecule has 168 valence electrons. The number of carbonyl (C=O) groups excluding carboxylic acids is 1. The van der Waals surface area contributed by atoms with E-state index in [9.17, 15) is 23.3 Å². The maximum atomic E-state index is 12.7. The maximum Gasteiger partial charge on any atom is 0.271 e. The number of sulfonamides is 1. The molecule has 1 amide bonds. The second-order valence-electron chi connectivity index (χ2n) is 6.83. The quantitative estimate of drug-likeness (QED) is 0.368. The largest absolute Gasteiger partial charge is 0.495 e. The van der Waals surface area contributed by atoms with Crippen molar-refractivity contribution in [2.75, 3.05) is 17.1 Å². The summed E-state index contributed by atoms with van der Waals surface area (Å²) in [5.74, 6) is -0.165. The van der Waals surface area contributed by atoms with E-state index < -0.39 is 20.9 Å². The number of non-ortho nitro benzene ring substituents is 1. The van der Waals surface area contributed by atoms with Gasteiger partial charge in [-0.25, -0.2) is 8.42 Å². The van der Waals surface area contributed by atoms with Gasteiger partial charge in [0.25, 0.3) is 21.6 Å². The first kappa shape index (κ1) is 23.1. The second-order valence-corrected chi connectivity index (χ2v) is 9.52. The Hall–Kier alpha value is -3.58. The lowest BCUT2D eigenvalue weighted by Crippen LogP contribution is -2.15. The Kier molecular flexibility index (Phi) is 6.69. The number of carbonyl (C=O) groups is 1. The number of anilines is 2. The molecule has 1 heterocycles. The summed E-state index contributed by atoms with van der Waals surface area (Å²) in [6.07, 6.45) is 0. The third-order valence-corrected chi connectivity index (χ3v) is 6.74. The summed E-state index contributed by atoms with van der Waals surface area (Å²) in [6, 6.07) is 8.75. The standard InChI is InChI=1S/C19H19N5O6S2/c1-11(2)18-21-22-19(31-18)20-17(25)12-4-7-14(8-5-12)32(28,29)23-15-10-13(24(26)27)6-9-16(15)30-3/h4-11,23H,1-3H3,(H,20,22,25). The van der Waals surface area contributed by atoms with Gasteiger partial charge in [-0.2, -0.15) is 0 Å². The van der Waals surface area contributed by atoms with Crippen LogP contribution in [0, 0.1) is 10.1 Å². The number of ether oxygens (including phenoxy) is 1. The second kappa shape index (κ2) is 9.28. The lowest BCUT2D eigenvalue weighted by molar-refractivity contribution is -0.384. The van der Waals surface area contributed by atoms with Gasteiger partial charge in [0, 0.05) is 23.6 Å². The summed E-state index contributed by atoms with van der Waals surface area (Å²) >= 11 is 1.26. The van der Waals surface area contributed by atoms with Crippen molar-refractivity contribution in [1.29, 1.82) is 0 Å². The predicted octanol–water partition coefficient (Wildman–Crippen LogP) is 3.63. The van der Waals surface area contributed by atoms with Crippen molar-refractivity contribution in [3.8, 4) is 5.75 Å². The van der Waals surface area contributed by atoms with Crippen LogP contribution in [-0.2, 0) is 10.0 Å². The van der Waals surface area contributed by atoms with Crippen molar-refractivity contribution in [1.82, 2.24) is 10.2 Å². The SMILES string of the molecule is COc1ccc([N+](=O)[O-])cc1NS(=O)(=O)c1ccc(C(=O)Nc2nnc(C(C)C)s2)cc1. The molecule has 0 unspecified atom stereocenters. The number of nitro groups is 1. The van der Waals surface area contributed by atoms with Gasteiger partial charge in [0.1, 0.15) is 10.8 Å². The maximum absolute atomic E-state index is 12.7. The Morgan fingerprint density at radius 1 is 1.16 bits per heavy atom. The molecule has 3 aromatic rings. The van der Waals surface area contributed by atoms with Gasteiger partial charge in [-0.05, 0) is 30.3 Å². The molecule has 2 aromatic carbocycles. The molecule has 0 radical (unpaired) electrons. The highest BCUT2D eigenvalue weighted by Crippen LogP contribution is 2.31. The van der Waals surface area contributed by atoms with Crippen LogP contribution in [0.3, 0.4) is 0 Å². The monoisotopic (exact) mass is 477 g/mol. The number of nitrogens with one attached hydrogen (secondary N) is 2. The van der Waals surface area contributed by atoms with Crippen LogP contribution in [0.15, 0.2) is 47.4 Å². The molecule has 3 rings (SSSR count). The molecule has 0 bridgehead atoms. The van der Waals surface area contributed by atoms with Crippen LogP contribution in [0.5, 0.6) is 5.75 Å². The minimum Gasteiger partial charge on any atom is -0.495 e. The first-order chi connectivity index (χ1) is 15.1. The number of hydrogen-bond acceptors (Lipinski definition) is 9. The molecule has 0 spiro atoms. The Balaban J connectivity index is 1.78. The van der Waals surface area contributed by atoms with Crippen LogP contribution >= 0.6 is 11.3 Å². The Morgan fingerprint density at radius 2 is 1.84 bits per heavy atom. The van der Waals surface area contributed by atoms with E-state index in [4.69, 9.17) is 4.74 Å². The number of amides is 1. The number of benzene rings is 2. The van der Waals surface area contributed by atoms with E-state index in [1.807, 2.05) is 13.8 Å². The van der Waals surface area contributed by atoms with E-state index in [2.05, 4.69) is 20.2 Å². The summed E-state index contributed by atoms with van der Waals surface area (Å²) in [7, 11) is -2.79.